The van der Waals surface area contributed by atoms with Crippen molar-refractivity contribution in [1.82, 2.24) is 4.98 Å². The van der Waals surface area contributed by atoms with Crippen molar-refractivity contribution in [3.63, 3.8) is 0 Å². The van der Waals surface area contributed by atoms with Crippen LogP contribution in [-0.4, -0.2) is 50.1 Å². The zero-order valence-electron chi connectivity index (χ0n) is 15.9. The first kappa shape index (κ1) is 20.9. The number of amides is 1. The first-order valence-corrected chi connectivity index (χ1v) is 11.9. The summed E-state index contributed by atoms with van der Waals surface area (Å²) in [5.41, 5.74) is 0.303. The number of halogens is 1. The highest BCUT2D eigenvalue weighted by Gasteiger charge is 2.29. The molecular formula is C19H20FN3O5S2. The van der Waals surface area contributed by atoms with Gasteiger partial charge in [-0.05, 0) is 30.9 Å². The molecule has 1 aromatic heterocycles. The van der Waals surface area contributed by atoms with Crippen molar-refractivity contribution in [3.05, 3.63) is 41.2 Å². The van der Waals surface area contributed by atoms with Crippen molar-refractivity contribution >= 4 is 37.9 Å². The molecule has 1 N–H and O–H groups in total. The Bertz CT molecular complexity index is 1040. The number of thiazole rings is 1. The molecule has 30 heavy (non-hydrogen) atoms. The number of aromatic nitrogens is 1. The Balaban J connectivity index is 1.56. The molecule has 0 bridgehead atoms. The maximum Gasteiger partial charge on any atom is 0.280 e. The van der Waals surface area contributed by atoms with Crippen LogP contribution in [0, 0.1) is 11.0 Å². The molecule has 2 heterocycles. The summed E-state index contributed by atoms with van der Waals surface area (Å²) in [6.07, 6.45) is 3.25. The number of ether oxygens (including phenoxy) is 1. The third-order valence-electron chi connectivity index (χ3n) is 4.73. The highest BCUT2D eigenvalue weighted by atomic mass is 32.2. The first-order chi connectivity index (χ1) is 14.4. The predicted molar refractivity (Wildman–Crippen MR) is 109 cm³/mol. The number of anilines is 1. The van der Waals surface area contributed by atoms with Crippen LogP contribution in [0.5, 0.6) is 0 Å². The smallest absolute Gasteiger partial charge is 0.280 e. The van der Waals surface area contributed by atoms with Gasteiger partial charge in [-0.2, -0.15) is 4.39 Å². The van der Waals surface area contributed by atoms with Crippen LogP contribution in [0.15, 0.2) is 40.5 Å². The molecule has 2 fully saturated rings. The lowest BCUT2D eigenvalue weighted by Gasteiger charge is -2.10. The number of benzene rings is 1. The molecule has 1 aromatic carbocycles. The lowest BCUT2D eigenvalue weighted by atomic mass is 10.1. The van der Waals surface area contributed by atoms with Crippen LogP contribution >= 0.6 is 11.3 Å². The number of hydrogen-bond donors (Lipinski definition) is 1. The molecule has 8 nitrogen and oxygen atoms in total. The minimum Gasteiger partial charge on any atom is -0.389 e. The topological polar surface area (TPSA) is 107 Å². The average Bonchev–Trinajstić information content (AvgIpc) is 3.18. The van der Waals surface area contributed by atoms with E-state index in [4.69, 9.17) is 9.57 Å². The lowest BCUT2D eigenvalue weighted by Crippen LogP contribution is -2.25. The van der Waals surface area contributed by atoms with Gasteiger partial charge in [0, 0.05) is 12.0 Å². The third-order valence-corrected chi connectivity index (χ3v) is 7.33. The van der Waals surface area contributed by atoms with Gasteiger partial charge in [0.1, 0.15) is 0 Å². The molecule has 1 aliphatic heterocycles. The van der Waals surface area contributed by atoms with E-state index in [1.165, 1.54) is 24.3 Å². The summed E-state index contributed by atoms with van der Waals surface area (Å²) in [5, 5.41) is 6.02. The van der Waals surface area contributed by atoms with Crippen LogP contribution in [0.25, 0.3) is 0 Å². The Kier molecular flexibility index (Phi) is 6.11. The van der Waals surface area contributed by atoms with E-state index in [9.17, 15) is 17.6 Å². The van der Waals surface area contributed by atoms with Gasteiger partial charge in [0.2, 0.25) is 0 Å². The summed E-state index contributed by atoms with van der Waals surface area (Å²) in [5.74, 6) is -0.274. The second-order valence-corrected chi connectivity index (χ2v) is 10.2. The number of oxime groups is 1. The van der Waals surface area contributed by atoms with Gasteiger partial charge >= 0.3 is 0 Å². The summed E-state index contributed by atoms with van der Waals surface area (Å²) in [6, 6.07) is 5.93. The Hall–Kier alpha value is -2.37. The molecule has 0 unspecified atom stereocenters. The standard InChI is InChI=1S/C19H20FN3O5S2/c20-16-9-21-19(29-16)22-18(24)17(23-28-14-7-8-27-10-14)13-3-5-15(6-4-13)30(25,26)11-12-1-2-12/h3-6,9,12,14H,1-2,7-8,10-11H2,(H,21,22,24)/t14-/m1/s1. The van der Waals surface area contributed by atoms with Crippen LogP contribution in [-0.2, 0) is 24.2 Å². The predicted octanol–water partition coefficient (Wildman–Crippen LogP) is 2.61. The number of carbonyl (C=O) groups excluding carboxylic acids is 1. The minimum absolute atomic E-state index is 0.0661. The minimum atomic E-state index is -3.37. The van der Waals surface area contributed by atoms with E-state index < -0.39 is 20.9 Å². The normalized spacial score (nSPS) is 19.6. The highest BCUT2D eigenvalue weighted by molar-refractivity contribution is 7.91. The van der Waals surface area contributed by atoms with Crippen molar-refractivity contribution in [2.75, 3.05) is 24.3 Å². The number of sulfone groups is 1. The van der Waals surface area contributed by atoms with Crippen molar-refractivity contribution in [2.24, 2.45) is 11.1 Å². The number of nitrogens with zero attached hydrogens (tertiary/aromatic N) is 2. The van der Waals surface area contributed by atoms with E-state index in [0.717, 1.165) is 19.0 Å². The summed E-state index contributed by atoms with van der Waals surface area (Å²) >= 11 is 0.685. The van der Waals surface area contributed by atoms with E-state index in [1.54, 1.807) is 0 Å². The van der Waals surface area contributed by atoms with Gasteiger partial charge in [-0.1, -0.05) is 28.6 Å². The van der Waals surface area contributed by atoms with Crippen molar-refractivity contribution in [3.8, 4) is 0 Å². The van der Waals surface area contributed by atoms with Gasteiger partial charge in [0.15, 0.2) is 31.9 Å². The molecule has 1 saturated carbocycles. The second-order valence-electron chi connectivity index (χ2n) is 7.20. The van der Waals surface area contributed by atoms with Gasteiger partial charge in [-0.15, -0.1) is 0 Å². The van der Waals surface area contributed by atoms with E-state index in [0.29, 0.717) is 36.5 Å². The van der Waals surface area contributed by atoms with Gasteiger partial charge in [0.25, 0.3) is 5.91 Å². The van der Waals surface area contributed by atoms with Crippen molar-refractivity contribution < 1.29 is 27.2 Å². The third kappa shape index (κ3) is 5.21. The van der Waals surface area contributed by atoms with Crippen molar-refractivity contribution in [1.29, 1.82) is 0 Å². The van der Waals surface area contributed by atoms with Crippen LogP contribution in [0.3, 0.4) is 0 Å². The van der Waals surface area contributed by atoms with Gasteiger partial charge in [-0.25, -0.2) is 13.4 Å². The van der Waals surface area contributed by atoms with E-state index in [-0.39, 0.29) is 33.5 Å². The SMILES string of the molecule is O=C(Nc1ncc(F)s1)C(=NO[C@@H]1CCOC1)c1ccc(S(=O)(=O)CC2CC2)cc1. The summed E-state index contributed by atoms with van der Waals surface area (Å²) in [7, 11) is -3.37. The number of rotatable bonds is 8. The zero-order chi connectivity index (χ0) is 21.1. The second kappa shape index (κ2) is 8.78. The molecule has 1 atom stereocenters. The molecule has 4 rings (SSSR count). The Labute approximate surface area is 177 Å². The number of carbonyl (C=O) groups is 1. The Morgan fingerprint density at radius 2 is 2.07 bits per heavy atom. The van der Waals surface area contributed by atoms with Gasteiger partial charge in [-0.3, -0.25) is 10.1 Å². The van der Waals surface area contributed by atoms with Crippen LogP contribution < -0.4 is 5.32 Å². The fourth-order valence-electron chi connectivity index (χ4n) is 2.93. The Morgan fingerprint density at radius 1 is 1.30 bits per heavy atom. The Morgan fingerprint density at radius 3 is 2.67 bits per heavy atom. The van der Waals surface area contributed by atoms with Crippen LogP contribution in [0.4, 0.5) is 9.52 Å². The number of nitrogens with one attached hydrogen (secondary N) is 1. The van der Waals surface area contributed by atoms with Crippen molar-refractivity contribution in [2.45, 2.75) is 30.3 Å². The largest absolute Gasteiger partial charge is 0.389 e. The molecule has 1 saturated heterocycles. The van der Waals surface area contributed by atoms with Gasteiger partial charge < -0.3 is 9.57 Å². The van der Waals surface area contributed by atoms with Gasteiger partial charge in [0.05, 0.1) is 30.1 Å². The molecule has 1 amide bonds. The molecule has 160 valence electrons. The quantitative estimate of drug-likeness (QED) is 0.486. The van der Waals surface area contributed by atoms with E-state index in [1.807, 2.05) is 0 Å². The highest BCUT2D eigenvalue weighted by Crippen LogP contribution is 2.32. The summed E-state index contributed by atoms with van der Waals surface area (Å²) in [6.45, 7) is 0.919. The maximum atomic E-state index is 13.2. The average molecular weight is 454 g/mol. The summed E-state index contributed by atoms with van der Waals surface area (Å²) < 4.78 is 43.3. The fourth-order valence-corrected chi connectivity index (χ4v) is 5.16. The number of hydrogen-bond acceptors (Lipinski definition) is 8. The van der Waals surface area contributed by atoms with E-state index in [2.05, 4.69) is 15.5 Å². The zero-order valence-corrected chi connectivity index (χ0v) is 17.5. The van der Waals surface area contributed by atoms with Crippen LogP contribution in [0.1, 0.15) is 24.8 Å². The molecular weight excluding hydrogens is 433 g/mol. The lowest BCUT2D eigenvalue weighted by molar-refractivity contribution is -0.110. The monoisotopic (exact) mass is 453 g/mol. The summed E-state index contributed by atoms with van der Waals surface area (Å²) in [4.78, 5) is 22.1. The fraction of sp³-hybridized carbons (Fsp3) is 0.421. The molecule has 0 radical (unpaired) electrons. The molecule has 0 spiro atoms. The molecule has 11 heteroatoms. The maximum absolute atomic E-state index is 13.2. The van der Waals surface area contributed by atoms with Crippen LogP contribution in [0.2, 0.25) is 0 Å². The molecule has 1 aliphatic carbocycles. The first-order valence-electron chi connectivity index (χ1n) is 9.48. The molecule has 2 aromatic rings. The van der Waals surface area contributed by atoms with E-state index >= 15 is 0 Å². The molecule has 2 aliphatic rings.